The lowest BCUT2D eigenvalue weighted by Crippen LogP contribution is -2.25. The van der Waals surface area contributed by atoms with Crippen molar-refractivity contribution in [2.75, 3.05) is 13.7 Å². The number of aliphatic hydroxyl groups excluding tert-OH is 1. The Morgan fingerprint density at radius 3 is 2.95 bits per heavy atom. The molecule has 1 N–H and O–H groups in total. The zero-order valence-corrected chi connectivity index (χ0v) is 12.6. The van der Waals surface area contributed by atoms with E-state index in [9.17, 15) is 4.79 Å². The third-order valence-corrected chi connectivity index (χ3v) is 3.64. The molecule has 0 radical (unpaired) electrons. The summed E-state index contributed by atoms with van der Waals surface area (Å²) in [6.07, 6.45) is 2.03. The molecule has 0 fully saturated rings. The fourth-order valence-electron chi connectivity index (χ4n) is 1.83. The number of nitrogens with zero attached hydrogens (tertiary/aromatic N) is 2. The van der Waals surface area contributed by atoms with Gasteiger partial charge in [-0.25, -0.2) is 0 Å². The molecule has 1 amide bonds. The van der Waals surface area contributed by atoms with Gasteiger partial charge in [0.25, 0.3) is 5.91 Å². The molecule has 0 saturated heterocycles. The fourth-order valence-corrected chi connectivity index (χ4v) is 2.44. The van der Waals surface area contributed by atoms with E-state index in [1.165, 1.54) is 11.3 Å². The molecule has 0 atom stereocenters. The summed E-state index contributed by atoms with van der Waals surface area (Å²) in [5, 5.41) is 8.78. The first-order valence-electron chi connectivity index (χ1n) is 6.54. The molecule has 2 aromatic rings. The minimum atomic E-state index is -0.0457. The van der Waals surface area contributed by atoms with Crippen LogP contribution in [0.2, 0.25) is 0 Å². The van der Waals surface area contributed by atoms with Gasteiger partial charge in [0.05, 0.1) is 18.3 Å². The van der Waals surface area contributed by atoms with Gasteiger partial charge in [0.2, 0.25) is 0 Å². The number of carbonyl (C=O) groups excluding carboxylic acids is 1. The second-order valence-electron chi connectivity index (χ2n) is 4.46. The van der Waals surface area contributed by atoms with Crippen LogP contribution in [0.25, 0.3) is 0 Å². The Morgan fingerprint density at radius 1 is 1.43 bits per heavy atom. The summed E-state index contributed by atoms with van der Waals surface area (Å²) in [5.41, 5.74) is 3.52. The van der Waals surface area contributed by atoms with E-state index in [1.807, 2.05) is 24.3 Å². The van der Waals surface area contributed by atoms with Crippen LogP contribution < -0.4 is 0 Å². The first kappa shape index (κ1) is 15.2. The SMILES string of the molecule is CN(Cc1ccccc1C#CCCO)C(=O)c1cncs1. The molecule has 0 unspecified atom stereocenters. The minimum Gasteiger partial charge on any atom is -0.395 e. The first-order valence-corrected chi connectivity index (χ1v) is 7.42. The Kier molecular flexibility index (Phi) is 5.50. The number of hydrogen-bond donors (Lipinski definition) is 1. The Bertz CT molecular complexity index is 656. The van der Waals surface area contributed by atoms with Gasteiger partial charge in [-0.2, -0.15) is 0 Å². The summed E-state index contributed by atoms with van der Waals surface area (Å²) in [6.45, 7) is 0.541. The highest BCUT2D eigenvalue weighted by Gasteiger charge is 2.14. The first-order chi connectivity index (χ1) is 10.2. The van der Waals surface area contributed by atoms with Crippen LogP contribution in [0.1, 0.15) is 27.2 Å². The van der Waals surface area contributed by atoms with Crippen molar-refractivity contribution in [2.24, 2.45) is 0 Å². The topological polar surface area (TPSA) is 53.4 Å². The van der Waals surface area contributed by atoms with Gasteiger partial charge in [-0.1, -0.05) is 30.0 Å². The maximum atomic E-state index is 12.2. The van der Waals surface area contributed by atoms with E-state index >= 15 is 0 Å². The van der Waals surface area contributed by atoms with E-state index in [0.29, 0.717) is 17.8 Å². The maximum Gasteiger partial charge on any atom is 0.265 e. The number of aliphatic hydroxyl groups is 1. The van der Waals surface area contributed by atoms with Crippen LogP contribution in [0.3, 0.4) is 0 Å². The molecule has 1 aromatic heterocycles. The molecular formula is C16H16N2O2S. The van der Waals surface area contributed by atoms with Gasteiger partial charge in [0, 0.05) is 25.6 Å². The number of benzene rings is 1. The predicted molar refractivity (Wildman–Crippen MR) is 82.9 cm³/mol. The Labute approximate surface area is 128 Å². The Balaban J connectivity index is 2.12. The molecule has 5 heteroatoms. The molecule has 0 aliphatic rings. The van der Waals surface area contributed by atoms with Crippen molar-refractivity contribution in [2.45, 2.75) is 13.0 Å². The van der Waals surface area contributed by atoms with Crippen LogP contribution in [0.15, 0.2) is 36.0 Å². The molecule has 0 bridgehead atoms. The van der Waals surface area contributed by atoms with Crippen molar-refractivity contribution in [3.05, 3.63) is 52.0 Å². The highest BCUT2D eigenvalue weighted by molar-refractivity contribution is 7.11. The molecular weight excluding hydrogens is 284 g/mol. The van der Waals surface area contributed by atoms with E-state index in [2.05, 4.69) is 16.8 Å². The minimum absolute atomic E-state index is 0.0457. The third kappa shape index (κ3) is 4.15. The molecule has 2 rings (SSSR count). The normalized spacial score (nSPS) is 9.81. The van der Waals surface area contributed by atoms with E-state index in [4.69, 9.17) is 5.11 Å². The van der Waals surface area contributed by atoms with Gasteiger partial charge in [-0.3, -0.25) is 9.78 Å². The van der Waals surface area contributed by atoms with Gasteiger partial charge in [-0.05, 0) is 11.6 Å². The number of thiazole rings is 1. The van der Waals surface area contributed by atoms with Gasteiger partial charge < -0.3 is 10.0 Å². The lowest BCUT2D eigenvalue weighted by atomic mass is 10.1. The van der Waals surface area contributed by atoms with Crippen LogP contribution in [-0.4, -0.2) is 34.6 Å². The van der Waals surface area contributed by atoms with E-state index in [1.54, 1.807) is 23.7 Å². The smallest absolute Gasteiger partial charge is 0.265 e. The Morgan fingerprint density at radius 2 is 2.24 bits per heavy atom. The number of carbonyl (C=O) groups is 1. The number of amides is 1. The van der Waals surface area contributed by atoms with Gasteiger partial charge >= 0.3 is 0 Å². The van der Waals surface area contributed by atoms with Crippen molar-refractivity contribution in [3.63, 3.8) is 0 Å². The molecule has 1 aromatic carbocycles. The largest absolute Gasteiger partial charge is 0.395 e. The van der Waals surface area contributed by atoms with Gasteiger partial charge in [0.1, 0.15) is 4.88 Å². The fraction of sp³-hybridized carbons (Fsp3) is 0.250. The summed E-state index contributed by atoms with van der Waals surface area (Å²) in [4.78, 5) is 18.4. The zero-order valence-electron chi connectivity index (χ0n) is 11.7. The van der Waals surface area contributed by atoms with Crippen molar-refractivity contribution in [1.82, 2.24) is 9.88 Å². The molecule has 0 spiro atoms. The third-order valence-electron chi connectivity index (χ3n) is 2.87. The average Bonchev–Trinajstić information content (AvgIpc) is 3.02. The number of aromatic nitrogens is 1. The maximum absolute atomic E-state index is 12.2. The van der Waals surface area contributed by atoms with Crippen molar-refractivity contribution < 1.29 is 9.90 Å². The monoisotopic (exact) mass is 300 g/mol. The Hall–Kier alpha value is -2.16. The van der Waals surface area contributed by atoms with Crippen molar-refractivity contribution >= 4 is 17.2 Å². The van der Waals surface area contributed by atoms with Gasteiger partial charge in [0.15, 0.2) is 0 Å². The standard InChI is InChI=1S/C16H16N2O2S/c1-18(16(20)15-10-17-12-21-15)11-14-8-3-2-6-13(14)7-4-5-9-19/h2-3,6,8,10,12,19H,5,9,11H2,1H3. The van der Waals surface area contributed by atoms with E-state index < -0.39 is 0 Å². The van der Waals surface area contributed by atoms with Crippen LogP contribution in [0.5, 0.6) is 0 Å². The second kappa shape index (κ2) is 7.58. The van der Waals surface area contributed by atoms with Crippen molar-refractivity contribution in [3.8, 4) is 11.8 Å². The van der Waals surface area contributed by atoms with Crippen LogP contribution >= 0.6 is 11.3 Å². The quantitative estimate of drug-likeness (QED) is 0.880. The summed E-state index contributed by atoms with van der Waals surface area (Å²) < 4.78 is 0. The van der Waals surface area contributed by atoms with Crippen LogP contribution in [0, 0.1) is 11.8 Å². The summed E-state index contributed by atoms with van der Waals surface area (Å²) in [6, 6.07) is 7.72. The summed E-state index contributed by atoms with van der Waals surface area (Å²) in [7, 11) is 1.76. The van der Waals surface area contributed by atoms with Crippen molar-refractivity contribution in [1.29, 1.82) is 0 Å². The molecule has 1 heterocycles. The number of hydrogen-bond acceptors (Lipinski definition) is 4. The summed E-state index contributed by atoms with van der Waals surface area (Å²) in [5.74, 6) is 5.90. The highest BCUT2D eigenvalue weighted by Crippen LogP contribution is 2.14. The van der Waals surface area contributed by atoms with Gasteiger partial charge in [-0.15, -0.1) is 11.3 Å². The molecule has 0 saturated carbocycles. The van der Waals surface area contributed by atoms with Crippen LogP contribution in [0.4, 0.5) is 0 Å². The highest BCUT2D eigenvalue weighted by atomic mass is 32.1. The average molecular weight is 300 g/mol. The van der Waals surface area contributed by atoms with E-state index in [0.717, 1.165) is 11.1 Å². The zero-order chi connectivity index (χ0) is 15.1. The predicted octanol–water partition coefficient (Wildman–Crippen LogP) is 2.15. The second-order valence-corrected chi connectivity index (χ2v) is 5.35. The molecule has 0 aliphatic carbocycles. The molecule has 0 aliphatic heterocycles. The molecule has 21 heavy (non-hydrogen) atoms. The molecule has 4 nitrogen and oxygen atoms in total. The molecule has 108 valence electrons. The summed E-state index contributed by atoms with van der Waals surface area (Å²) >= 11 is 1.33. The van der Waals surface area contributed by atoms with E-state index in [-0.39, 0.29) is 12.5 Å². The lowest BCUT2D eigenvalue weighted by Gasteiger charge is -2.17. The number of rotatable bonds is 4. The lowest BCUT2D eigenvalue weighted by molar-refractivity contribution is 0.0789. The van der Waals surface area contributed by atoms with Crippen LogP contribution in [-0.2, 0) is 6.54 Å².